The first-order valence-corrected chi connectivity index (χ1v) is 11.8. The molecule has 7 heteroatoms. The van der Waals surface area contributed by atoms with E-state index in [1.165, 1.54) is 4.31 Å². The van der Waals surface area contributed by atoms with Gasteiger partial charge in [0.15, 0.2) is 12.0 Å². The van der Waals surface area contributed by atoms with Crippen molar-refractivity contribution in [3.8, 4) is 5.75 Å². The maximum Gasteiger partial charge on any atom is 0.245 e. The summed E-state index contributed by atoms with van der Waals surface area (Å²) in [6, 6.07) is 22.1. The van der Waals surface area contributed by atoms with Gasteiger partial charge in [-0.1, -0.05) is 48.0 Å². The van der Waals surface area contributed by atoms with E-state index in [1.54, 1.807) is 55.6 Å². The van der Waals surface area contributed by atoms with E-state index >= 15 is 0 Å². The number of carbonyl (C=O) groups is 1. The molecule has 2 atom stereocenters. The van der Waals surface area contributed by atoms with Gasteiger partial charge in [0.1, 0.15) is 5.75 Å². The van der Waals surface area contributed by atoms with Gasteiger partial charge in [-0.2, -0.15) is 4.31 Å². The maximum absolute atomic E-state index is 13.7. The maximum atomic E-state index is 13.7. The zero-order valence-corrected chi connectivity index (χ0v) is 18.8. The van der Waals surface area contributed by atoms with E-state index in [-0.39, 0.29) is 23.7 Å². The summed E-state index contributed by atoms with van der Waals surface area (Å²) in [5.74, 6) is 0.498. The molecule has 0 unspecified atom stereocenters. The molecule has 3 aromatic carbocycles. The van der Waals surface area contributed by atoms with Crippen molar-refractivity contribution in [3.63, 3.8) is 0 Å². The second kappa shape index (κ2) is 9.24. The normalized spacial score (nSPS) is 19.1. The fraction of sp³-hybridized carbons (Fsp3) is 0.240. The Labute approximate surface area is 188 Å². The third kappa shape index (κ3) is 4.46. The fourth-order valence-electron chi connectivity index (χ4n) is 3.81. The molecule has 1 aliphatic rings. The van der Waals surface area contributed by atoms with E-state index in [0.29, 0.717) is 11.3 Å². The van der Waals surface area contributed by atoms with Gasteiger partial charge >= 0.3 is 0 Å². The van der Waals surface area contributed by atoms with E-state index in [1.807, 2.05) is 37.3 Å². The predicted molar refractivity (Wildman–Crippen MR) is 121 cm³/mol. The van der Waals surface area contributed by atoms with E-state index in [2.05, 4.69) is 0 Å². The van der Waals surface area contributed by atoms with Crippen molar-refractivity contribution < 1.29 is 22.7 Å². The van der Waals surface area contributed by atoms with Crippen LogP contribution >= 0.6 is 0 Å². The smallest absolute Gasteiger partial charge is 0.245 e. The zero-order valence-electron chi connectivity index (χ0n) is 18.0. The Bertz CT molecular complexity index is 1180. The van der Waals surface area contributed by atoms with Gasteiger partial charge in [0.2, 0.25) is 10.0 Å². The van der Waals surface area contributed by atoms with Crippen molar-refractivity contribution in [1.29, 1.82) is 0 Å². The van der Waals surface area contributed by atoms with Gasteiger partial charge in [-0.25, -0.2) is 8.42 Å². The number of hydrogen-bond donors (Lipinski definition) is 0. The van der Waals surface area contributed by atoms with Crippen LogP contribution in [0.4, 0.5) is 0 Å². The lowest BCUT2D eigenvalue weighted by Gasteiger charge is -2.27. The third-order valence-electron chi connectivity index (χ3n) is 5.55. The number of sulfonamides is 1. The molecule has 6 nitrogen and oxygen atoms in total. The highest BCUT2D eigenvalue weighted by atomic mass is 32.2. The predicted octanol–water partition coefficient (Wildman–Crippen LogP) is 4.36. The number of ether oxygens (including phenoxy) is 2. The van der Waals surface area contributed by atoms with Gasteiger partial charge in [-0.05, 0) is 48.9 Å². The number of Topliss-reactive ketones (excluding diaryl/α,β-unsaturated/α-hetero) is 1. The first kappa shape index (κ1) is 22.2. The van der Waals surface area contributed by atoms with Gasteiger partial charge in [0.25, 0.3) is 0 Å². The Morgan fingerprint density at radius 3 is 2.28 bits per heavy atom. The molecule has 1 fully saturated rings. The van der Waals surface area contributed by atoms with Crippen LogP contribution in [0.15, 0.2) is 83.8 Å². The molecule has 0 N–H and O–H groups in total. The monoisotopic (exact) mass is 451 g/mol. The van der Waals surface area contributed by atoms with E-state index < -0.39 is 22.3 Å². The lowest BCUT2D eigenvalue weighted by atomic mass is 10.0. The minimum atomic E-state index is -3.90. The van der Waals surface area contributed by atoms with Gasteiger partial charge in [-0.15, -0.1) is 0 Å². The number of methoxy groups -OCH3 is 1. The lowest BCUT2D eigenvalue weighted by Crippen LogP contribution is -2.39. The molecule has 32 heavy (non-hydrogen) atoms. The zero-order chi connectivity index (χ0) is 22.7. The summed E-state index contributed by atoms with van der Waals surface area (Å²) in [6.07, 6.45) is -0.781. The molecule has 166 valence electrons. The number of nitrogens with zero attached hydrogens (tertiary/aromatic N) is 1. The summed E-state index contributed by atoms with van der Waals surface area (Å²) < 4.78 is 39.7. The van der Waals surface area contributed by atoms with Crippen molar-refractivity contribution in [2.45, 2.75) is 30.5 Å². The van der Waals surface area contributed by atoms with Crippen molar-refractivity contribution in [1.82, 2.24) is 4.31 Å². The van der Waals surface area contributed by atoms with Crippen LogP contribution in [0.5, 0.6) is 5.75 Å². The van der Waals surface area contributed by atoms with Gasteiger partial charge < -0.3 is 9.47 Å². The molecule has 1 heterocycles. The molecule has 4 rings (SSSR count). The molecule has 0 radical (unpaired) electrons. The number of aryl methyl sites for hydroxylation is 1. The summed E-state index contributed by atoms with van der Waals surface area (Å²) in [5, 5.41) is 0. The minimum Gasteiger partial charge on any atom is -0.497 e. The number of ketones is 1. The second-order valence-electron chi connectivity index (χ2n) is 7.75. The Balaban J connectivity index is 1.67. The molecule has 0 bridgehead atoms. The van der Waals surface area contributed by atoms with Crippen LogP contribution in [0, 0.1) is 6.92 Å². The van der Waals surface area contributed by atoms with Crippen LogP contribution in [-0.4, -0.2) is 38.3 Å². The third-order valence-corrected chi connectivity index (χ3v) is 7.46. The van der Waals surface area contributed by atoms with E-state index in [4.69, 9.17) is 9.47 Å². The molecule has 0 aliphatic carbocycles. The molecule has 1 aliphatic heterocycles. The summed E-state index contributed by atoms with van der Waals surface area (Å²) in [4.78, 5) is 13.2. The van der Waals surface area contributed by atoms with Crippen molar-refractivity contribution >= 4 is 15.8 Å². The van der Waals surface area contributed by atoms with E-state index in [0.717, 1.165) is 11.1 Å². The summed E-state index contributed by atoms with van der Waals surface area (Å²) >= 11 is 0. The second-order valence-corrected chi connectivity index (χ2v) is 9.60. The van der Waals surface area contributed by atoms with Crippen LogP contribution in [0.25, 0.3) is 0 Å². The Morgan fingerprint density at radius 1 is 1.00 bits per heavy atom. The molecular formula is C25H25NO5S. The number of benzene rings is 3. The number of hydrogen-bond acceptors (Lipinski definition) is 5. The number of rotatable bonds is 7. The molecule has 0 saturated carbocycles. The lowest BCUT2D eigenvalue weighted by molar-refractivity contribution is 0.0680. The fourth-order valence-corrected chi connectivity index (χ4v) is 5.50. The van der Waals surface area contributed by atoms with Crippen LogP contribution < -0.4 is 4.74 Å². The Morgan fingerprint density at radius 2 is 1.66 bits per heavy atom. The molecule has 0 amide bonds. The standard InChI is InChI=1S/C25H25NO5S/c1-18-8-14-23(15-9-18)32(28,29)26-21(17-31-25(26)20-6-4-3-5-7-20)16-24(27)19-10-12-22(30-2)13-11-19/h3-15,21,25H,16-17H2,1-2H3/t21-,25-/m1/s1. The van der Waals surface area contributed by atoms with Gasteiger partial charge in [0, 0.05) is 12.0 Å². The average Bonchev–Trinajstić information content (AvgIpc) is 3.24. The average molecular weight is 452 g/mol. The van der Waals surface area contributed by atoms with Gasteiger partial charge in [0.05, 0.1) is 24.7 Å². The van der Waals surface area contributed by atoms with Gasteiger partial charge in [-0.3, -0.25) is 4.79 Å². The molecular weight excluding hydrogens is 426 g/mol. The highest BCUT2D eigenvalue weighted by Crippen LogP contribution is 2.37. The largest absolute Gasteiger partial charge is 0.497 e. The van der Waals surface area contributed by atoms with Crippen molar-refractivity contribution in [3.05, 3.63) is 95.6 Å². The molecule has 1 saturated heterocycles. The van der Waals surface area contributed by atoms with Crippen LogP contribution in [0.2, 0.25) is 0 Å². The van der Waals surface area contributed by atoms with Crippen molar-refractivity contribution in [2.75, 3.05) is 13.7 Å². The highest BCUT2D eigenvalue weighted by molar-refractivity contribution is 7.89. The number of carbonyl (C=O) groups excluding carboxylic acids is 1. The van der Waals surface area contributed by atoms with Crippen molar-refractivity contribution in [2.24, 2.45) is 0 Å². The van der Waals surface area contributed by atoms with Crippen LogP contribution in [0.3, 0.4) is 0 Å². The quantitative estimate of drug-likeness (QED) is 0.499. The Hall–Kier alpha value is -3.00. The summed E-state index contributed by atoms with van der Waals surface area (Å²) in [7, 11) is -2.34. The van der Waals surface area contributed by atoms with Crippen LogP contribution in [0.1, 0.15) is 34.1 Å². The SMILES string of the molecule is COc1ccc(C(=O)C[C@@H]2CO[C@H](c3ccccc3)N2S(=O)(=O)c2ccc(C)cc2)cc1. The first-order valence-electron chi connectivity index (χ1n) is 10.3. The topological polar surface area (TPSA) is 72.9 Å². The first-order chi connectivity index (χ1) is 15.4. The Kier molecular flexibility index (Phi) is 6.41. The summed E-state index contributed by atoms with van der Waals surface area (Å²) in [5.41, 5.74) is 2.19. The minimum absolute atomic E-state index is 0.0146. The molecule has 0 spiro atoms. The summed E-state index contributed by atoms with van der Waals surface area (Å²) in [6.45, 7) is 2.03. The molecule has 3 aromatic rings. The highest BCUT2D eigenvalue weighted by Gasteiger charge is 2.44. The van der Waals surface area contributed by atoms with E-state index in [9.17, 15) is 13.2 Å². The van der Waals surface area contributed by atoms with Crippen LogP contribution in [-0.2, 0) is 14.8 Å². The molecule has 0 aromatic heterocycles.